The van der Waals surface area contributed by atoms with Crippen LogP contribution in [0.15, 0.2) is 42.5 Å². The largest absolute Gasteiger partial charge is 0.493 e. The smallest absolute Gasteiger partial charge is 0.164 e. The molecule has 1 N–H and O–H groups in total. The number of halogens is 1. The second-order valence-corrected chi connectivity index (χ2v) is 5.60. The average Bonchev–Trinajstić information content (AvgIpc) is 2.67. The summed E-state index contributed by atoms with van der Waals surface area (Å²) < 4.78 is 22.5. The van der Waals surface area contributed by atoms with E-state index in [2.05, 4.69) is 5.32 Å². The highest BCUT2D eigenvalue weighted by molar-refractivity contribution is 5.85. The first-order valence-corrected chi connectivity index (χ1v) is 8.05. The zero-order valence-corrected chi connectivity index (χ0v) is 15.3. The summed E-state index contributed by atoms with van der Waals surface area (Å²) in [5.41, 5.74) is 2.13. The molecule has 1 aliphatic rings. The Morgan fingerprint density at radius 3 is 2.40 bits per heavy atom. The Kier molecular flexibility index (Phi) is 7.37. The number of benzene rings is 2. The number of hydrogen-bond donors (Lipinski definition) is 1. The third-order valence-corrected chi connectivity index (χ3v) is 4.05. The van der Waals surface area contributed by atoms with Gasteiger partial charge in [0.1, 0.15) is 12.4 Å². The van der Waals surface area contributed by atoms with E-state index in [9.17, 15) is 0 Å². The molecule has 25 heavy (non-hydrogen) atoms. The Bertz CT molecular complexity index is 660. The second-order valence-electron chi connectivity index (χ2n) is 5.60. The molecule has 1 heterocycles. The summed E-state index contributed by atoms with van der Waals surface area (Å²) in [5, 5.41) is 3.46. The van der Waals surface area contributed by atoms with Crippen molar-refractivity contribution in [2.24, 2.45) is 0 Å². The van der Waals surface area contributed by atoms with Crippen molar-refractivity contribution in [3.8, 4) is 17.2 Å². The van der Waals surface area contributed by atoms with Gasteiger partial charge in [-0.15, -0.1) is 12.4 Å². The molecule has 0 bridgehead atoms. The van der Waals surface area contributed by atoms with Gasteiger partial charge in [0, 0.05) is 18.2 Å². The highest BCUT2D eigenvalue weighted by Gasteiger charge is 2.22. The second kappa shape index (κ2) is 9.51. The van der Waals surface area contributed by atoms with E-state index >= 15 is 0 Å². The molecule has 0 aliphatic carbocycles. The van der Waals surface area contributed by atoms with Crippen LogP contribution in [-0.4, -0.2) is 34.0 Å². The molecule has 2 aromatic carbocycles. The van der Waals surface area contributed by atoms with Crippen LogP contribution in [0.5, 0.6) is 17.2 Å². The van der Waals surface area contributed by atoms with E-state index in [4.69, 9.17) is 18.9 Å². The van der Waals surface area contributed by atoms with Gasteiger partial charge >= 0.3 is 0 Å². The van der Waals surface area contributed by atoms with Gasteiger partial charge in [0.05, 0.1) is 33.5 Å². The molecule has 6 heteroatoms. The third kappa shape index (κ3) is 4.78. The van der Waals surface area contributed by atoms with Gasteiger partial charge < -0.3 is 24.3 Å². The molecule has 1 saturated heterocycles. The van der Waals surface area contributed by atoms with E-state index in [0.717, 1.165) is 30.0 Å². The first-order chi connectivity index (χ1) is 11.8. The molecule has 3 rings (SSSR count). The summed E-state index contributed by atoms with van der Waals surface area (Å²) in [5.74, 6) is 2.12. The normalized spacial score (nSPS) is 16.6. The third-order valence-electron chi connectivity index (χ3n) is 4.05. The van der Waals surface area contributed by atoms with Crippen LogP contribution >= 0.6 is 12.4 Å². The standard InChI is InChI=1S/C19H23NO4.ClH/c1-21-18-10-15(16-13-23-9-8-20-16)17(11-19(18)22-2)24-12-14-6-4-3-5-7-14;/h3-7,10-11,16,20H,8-9,12-13H2,1-2H3;1H/t16-;/m0./s1. The van der Waals surface area contributed by atoms with Gasteiger partial charge in [0.15, 0.2) is 11.5 Å². The fourth-order valence-corrected chi connectivity index (χ4v) is 2.77. The molecule has 1 fully saturated rings. The monoisotopic (exact) mass is 365 g/mol. The molecular weight excluding hydrogens is 342 g/mol. The van der Waals surface area contributed by atoms with Crippen LogP contribution in [0.2, 0.25) is 0 Å². The van der Waals surface area contributed by atoms with Crippen molar-refractivity contribution in [3.05, 3.63) is 53.6 Å². The van der Waals surface area contributed by atoms with E-state index in [0.29, 0.717) is 24.7 Å². The van der Waals surface area contributed by atoms with Crippen molar-refractivity contribution >= 4 is 12.4 Å². The summed E-state index contributed by atoms with van der Waals surface area (Å²) >= 11 is 0. The number of morpholine rings is 1. The lowest BCUT2D eigenvalue weighted by Gasteiger charge is -2.27. The van der Waals surface area contributed by atoms with E-state index < -0.39 is 0 Å². The topological polar surface area (TPSA) is 49.0 Å². The SMILES string of the molecule is COc1cc(OCc2ccccc2)c([C@@H]2COCCN2)cc1OC.Cl. The van der Waals surface area contributed by atoms with Crippen LogP contribution in [0.25, 0.3) is 0 Å². The van der Waals surface area contributed by atoms with Gasteiger partial charge in [0.25, 0.3) is 0 Å². The molecule has 0 spiro atoms. The number of rotatable bonds is 6. The minimum Gasteiger partial charge on any atom is -0.493 e. The molecule has 0 radical (unpaired) electrons. The molecule has 0 saturated carbocycles. The maximum absolute atomic E-state index is 6.09. The Morgan fingerprint density at radius 1 is 1.04 bits per heavy atom. The number of methoxy groups -OCH3 is 2. The van der Waals surface area contributed by atoms with Gasteiger partial charge in [0.2, 0.25) is 0 Å². The Labute approximate surface area is 154 Å². The highest BCUT2D eigenvalue weighted by Crippen LogP contribution is 2.38. The molecule has 5 nitrogen and oxygen atoms in total. The summed E-state index contributed by atoms with van der Waals surface area (Å²) in [6.07, 6.45) is 0. The fraction of sp³-hybridized carbons (Fsp3) is 0.368. The molecule has 136 valence electrons. The maximum Gasteiger partial charge on any atom is 0.164 e. The Hall–Kier alpha value is -1.95. The van der Waals surface area contributed by atoms with Crippen molar-refractivity contribution in [2.45, 2.75) is 12.6 Å². The molecule has 0 aromatic heterocycles. The van der Waals surface area contributed by atoms with Gasteiger partial charge in [-0.05, 0) is 11.6 Å². The van der Waals surface area contributed by atoms with Gasteiger partial charge in [-0.25, -0.2) is 0 Å². The van der Waals surface area contributed by atoms with Crippen LogP contribution in [0.1, 0.15) is 17.2 Å². The summed E-state index contributed by atoms with van der Waals surface area (Å²) in [4.78, 5) is 0. The fourth-order valence-electron chi connectivity index (χ4n) is 2.77. The van der Waals surface area contributed by atoms with Crippen molar-refractivity contribution in [1.82, 2.24) is 5.32 Å². The first-order valence-electron chi connectivity index (χ1n) is 8.05. The van der Waals surface area contributed by atoms with Crippen molar-refractivity contribution in [1.29, 1.82) is 0 Å². The lowest BCUT2D eigenvalue weighted by molar-refractivity contribution is 0.0756. The van der Waals surface area contributed by atoms with Crippen LogP contribution in [0, 0.1) is 0 Å². The van der Waals surface area contributed by atoms with E-state index in [1.54, 1.807) is 14.2 Å². The highest BCUT2D eigenvalue weighted by atomic mass is 35.5. The summed E-state index contributed by atoms with van der Waals surface area (Å²) in [6, 6.07) is 14.0. The van der Waals surface area contributed by atoms with Gasteiger partial charge in [-0.1, -0.05) is 30.3 Å². The minimum absolute atomic E-state index is 0. The minimum atomic E-state index is 0. The van der Waals surface area contributed by atoms with Crippen molar-refractivity contribution < 1.29 is 18.9 Å². The maximum atomic E-state index is 6.09. The lowest BCUT2D eigenvalue weighted by atomic mass is 10.0. The van der Waals surface area contributed by atoms with Gasteiger partial charge in [-0.3, -0.25) is 0 Å². The number of hydrogen-bond acceptors (Lipinski definition) is 5. The quantitative estimate of drug-likeness (QED) is 0.850. The van der Waals surface area contributed by atoms with Crippen molar-refractivity contribution in [2.75, 3.05) is 34.0 Å². The van der Waals surface area contributed by atoms with E-state index in [1.165, 1.54) is 0 Å². The van der Waals surface area contributed by atoms with Crippen LogP contribution in [-0.2, 0) is 11.3 Å². The van der Waals surface area contributed by atoms with Crippen LogP contribution in [0.3, 0.4) is 0 Å². The zero-order chi connectivity index (χ0) is 16.8. The molecular formula is C19H24ClNO4. The zero-order valence-electron chi connectivity index (χ0n) is 14.5. The average molecular weight is 366 g/mol. The Balaban J connectivity index is 0.00000225. The number of nitrogens with one attached hydrogen (secondary N) is 1. The Morgan fingerprint density at radius 2 is 1.76 bits per heavy atom. The predicted molar refractivity (Wildman–Crippen MR) is 99.1 cm³/mol. The van der Waals surface area contributed by atoms with E-state index in [-0.39, 0.29) is 18.4 Å². The van der Waals surface area contributed by atoms with Gasteiger partial charge in [-0.2, -0.15) is 0 Å². The summed E-state index contributed by atoms with van der Waals surface area (Å²) in [6.45, 7) is 2.65. The number of ether oxygens (including phenoxy) is 4. The van der Waals surface area contributed by atoms with E-state index in [1.807, 2.05) is 42.5 Å². The molecule has 0 unspecified atom stereocenters. The summed E-state index contributed by atoms with van der Waals surface area (Å²) in [7, 11) is 3.26. The molecule has 1 atom stereocenters. The molecule has 1 aliphatic heterocycles. The predicted octanol–water partition coefficient (Wildman–Crippen LogP) is 3.37. The molecule has 2 aromatic rings. The molecule has 0 amide bonds. The lowest BCUT2D eigenvalue weighted by Crippen LogP contribution is -2.34. The first kappa shape index (κ1) is 19.4. The van der Waals surface area contributed by atoms with Crippen molar-refractivity contribution in [3.63, 3.8) is 0 Å². The van der Waals surface area contributed by atoms with Crippen LogP contribution in [0.4, 0.5) is 0 Å². The van der Waals surface area contributed by atoms with Crippen LogP contribution < -0.4 is 19.5 Å².